The first-order valence-corrected chi connectivity index (χ1v) is 11.8. The fourth-order valence-electron chi connectivity index (χ4n) is 3.17. The Kier molecular flexibility index (Phi) is 7.02. The smallest absolute Gasteiger partial charge is 0.262 e. The van der Waals surface area contributed by atoms with E-state index in [2.05, 4.69) is 38.8 Å². The second-order valence-corrected chi connectivity index (χ2v) is 9.14. The zero-order valence-electron chi connectivity index (χ0n) is 18.0. The molecule has 1 heterocycles. The van der Waals surface area contributed by atoms with Crippen LogP contribution in [0.15, 0.2) is 53.4 Å². The van der Waals surface area contributed by atoms with Gasteiger partial charge in [-0.1, -0.05) is 17.7 Å². The van der Waals surface area contributed by atoms with E-state index in [-0.39, 0.29) is 4.90 Å². The standard InChI is InChI=1S/C22H26ClN5O2S/c1-5-28(6-2)22-14-21(24-16(4)25-22)26-18-9-11-19(12-10-18)27-31(29,30)20-13-17(23)8-7-15(20)3/h7-14,27H,5-6H2,1-4H3,(H,24,25,26). The van der Waals surface area contributed by atoms with Gasteiger partial charge in [-0.15, -0.1) is 0 Å². The molecule has 3 aromatic rings. The molecule has 0 radical (unpaired) electrons. The van der Waals surface area contributed by atoms with E-state index in [4.69, 9.17) is 11.6 Å². The summed E-state index contributed by atoms with van der Waals surface area (Å²) in [6.07, 6.45) is 0. The first-order chi connectivity index (χ1) is 14.7. The lowest BCUT2D eigenvalue weighted by Crippen LogP contribution is -2.23. The summed E-state index contributed by atoms with van der Waals surface area (Å²) in [7, 11) is -3.75. The van der Waals surface area contributed by atoms with Crippen LogP contribution in [0.4, 0.5) is 23.0 Å². The Bertz CT molecular complexity index is 1160. The van der Waals surface area contributed by atoms with Crippen LogP contribution in [0.1, 0.15) is 25.2 Å². The quantitative estimate of drug-likeness (QED) is 0.485. The van der Waals surface area contributed by atoms with Crippen molar-refractivity contribution in [2.75, 3.05) is 28.0 Å². The molecule has 0 spiro atoms. The Hall–Kier alpha value is -2.84. The van der Waals surface area contributed by atoms with E-state index in [1.807, 2.05) is 13.0 Å². The van der Waals surface area contributed by atoms with E-state index in [1.165, 1.54) is 6.07 Å². The zero-order chi connectivity index (χ0) is 22.6. The highest BCUT2D eigenvalue weighted by molar-refractivity contribution is 7.92. The monoisotopic (exact) mass is 459 g/mol. The summed E-state index contributed by atoms with van der Waals surface area (Å²) in [4.78, 5) is 11.3. The van der Waals surface area contributed by atoms with E-state index < -0.39 is 10.0 Å². The Morgan fingerprint density at radius 3 is 2.23 bits per heavy atom. The first kappa shape index (κ1) is 22.8. The summed E-state index contributed by atoms with van der Waals surface area (Å²) < 4.78 is 28.1. The number of benzene rings is 2. The Morgan fingerprint density at radius 2 is 1.58 bits per heavy atom. The molecule has 3 rings (SSSR count). The first-order valence-electron chi connectivity index (χ1n) is 9.98. The number of hydrogen-bond donors (Lipinski definition) is 2. The van der Waals surface area contributed by atoms with Gasteiger partial charge in [0.1, 0.15) is 17.5 Å². The van der Waals surface area contributed by atoms with Gasteiger partial charge < -0.3 is 10.2 Å². The molecule has 0 bridgehead atoms. The fourth-order valence-corrected chi connectivity index (χ4v) is 4.74. The summed E-state index contributed by atoms with van der Waals surface area (Å²) in [6, 6.07) is 13.7. The third kappa shape index (κ3) is 5.65. The second kappa shape index (κ2) is 9.53. The number of aromatic nitrogens is 2. The Labute approximate surface area is 188 Å². The number of anilines is 4. The molecule has 2 N–H and O–H groups in total. The highest BCUT2D eigenvalue weighted by Crippen LogP contribution is 2.25. The van der Waals surface area contributed by atoms with Crippen LogP contribution in [0.3, 0.4) is 0 Å². The van der Waals surface area contributed by atoms with Crippen LogP contribution >= 0.6 is 11.6 Å². The van der Waals surface area contributed by atoms with Gasteiger partial charge >= 0.3 is 0 Å². The number of halogens is 1. The Balaban J connectivity index is 1.77. The molecule has 9 heteroatoms. The number of nitrogens with one attached hydrogen (secondary N) is 2. The van der Waals surface area contributed by atoms with Crippen molar-refractivity contribution in [1.29, 1.82) is 0 Å². The number of sulfonamides is 1. The molecule has 0 unspecified atom stereocenters. The molecule has 0 aliphatic carbocycles. The highest BCUT2D eigenvalue weighted by Gasteiger charge is 2.17. The summed E-state index contributed by atoms with van der Waals surface area (Å²) in [5.41, 5.74) is 1.86. The molecule has 0 atom stereocenters. The van der Waals surface area contributed by atoms with Gasteiger partial charge in [-0.25, -0.2) is 18.4 Å². The van der Waals surface area contributed by atoms with Gasteiger partial charge in [0.2, 0.25) is 0 Å². The van der Waals surface area contributed by atoms with Gasteiger partial charge in [0.15, 0.2) is 0 Å². The Morgan fingerprint density at radius 1 is 0.935 bits per heavy atom. The van der Waals surface area contributed by atoms with E-state index in [1.54, 1.807) is 43.3 Å². The number of hydrogen-bond acceptors (Lipinski definition) is 6. The van der Waals surface area contributed by atoms with Gasteiger partial charge in [0.25, 0.3) is 10.0 Å². The molecular weight excluding hydrogens is 434 g/mol. The lowest BCUT2D eigenvalue weighted by atomic mass is 10.2. The SMILES string of the molecule is CCN(CC)c1cc(Nc2ccc(NS(=O)(=O)c3cc(Cl)ccc3C)cc2)nc(C)n1. The van der Waals surface area contributed by atoms with Crippen molar-refractivity contribution in [2.45, 2.75) is 32.6 Å². The molecule has 7 nitrogen and oxygen atoms in total. The van der Waals surface area contributed by atoms with Crippen molar-refractivity contribution in [3.05, 3.63) is 64.9 Å². The van der Waals surface area contributed by atoms with Crippen LogP contribution in [0.5, 0.6) is 0 Å². The van der Waals surface area contributed by atoms with E-state index in [0.29, 0.717) is 27.9 Å². The summed E-state index contributed by atoms with van der Waals surface area (Å²) in [6.45, 7) is 9.46. The summed E-state index contributed by atoms with van der Waals surface area (Å²) >= 11 is 5.97. The maximum absolute atomic E-state index is 12.7. The molecule has 1 aromatic heterocycles. The molecule has 31 heavy (non-hydrogen) atoms. The van der Waals surface area contributed by atoms with E-state index >= 15 is 0 Å². The molecule has 0 fully saturated rings. The fraction of sp³-hybridized carbons (Fsp3) is 0.273. The van der Waals surface area contributed by atoms with Gasteiger partial charge in [0.05, 0.1) is 4.90 Å². The normalized spacial score (nSPS) is 11.3. The van der Waals surface area contributed by atoms with Gasteiger partial charge in [-0.05, 0) is 69.7 Å². The van der Waals surface area contributed by atoms with E-state index in [9.17, 15) is 8.42 Å². The molecule has 2 aromatic carbocycles. The summed E-state index contributed by atoms with van der Waals surface area (Å²) in [5, 5.41) is 3.62. The van der Waals surface area contributed by atoms with Gasteiger partial charge in [-0.3, -0.25) is 4.72 Å². The summed E-state index contributed by atoms with van der Waals surface area (Å²) in [5.74, 6) is 2.21. The van der Waals surface area contributed by atoms with Crippen LogP contribution in [-0.4, -0.2) is 31.5 Å². The minimum Gasteiger partial charge on any atom is -0.357 e. The number of rotatable bonds is 8. The predicted octanol–water partition coefficient (Wildman–Crippen LogP) is 5.14. The minimum absolute atomic E-state index is 0.155. The van der Waals surface area contributed by atoms with Gasteiger partial charge in [0, 0.05) is 35.6 Å². The number of nitrogens with zero attached hydrogens (tertiary/aromatic N) is 3. The van der Waals surface area contributed by atoms with Crippen molar-refractivity contribution in [3.8, 4) is 0 Å². The maximum Gasteiger partial charge on any atom is 0.262 e. The second-order valence-electron chi connectivity index (χ2n) is 7.05. The molecule has 0 saturated carbocycles. The topological polar surface area (TPSA) is 87.2 Å². The maximum atomic E-state index is 12.7. The van der Waals surface area contributed by atoms with Crippen LogP contribution in [-0.2, 0) is 10.0 Å². The van der Waals surface area contributed by atoms with Crippen molar-refractivity contribution in [1.82, 2.24) is 9.97 Å². The van der Waals surface area contributed by atoms with Crippen LogP contribution in [0, 0.1) is 13.8 Å². The zero-order valence-corrected chi connectivity index (χ0v) is 19.5. The van der Waals surface area contributed by atoms with Gasteiger partial charge in [-0.2, -0.15) is 0 Å². The molecule has 0 aliphatic rings. The minimum atomic E-state index is -3.75. The van der Waals surface area contributed by atoms with Crippen molar-refractivity contribution in [3.63, 3.8) is 0 Å². The average molecular weight is 460 g/mol. The third-order valence-corrected chi connectivity index (χ3v) is 6.52. The van der Waals surface area contributed by atoms with Crippen molar-refractivity contribution in [2.24, 2.45) is 0 Å². The molecular formula is C22H26ClN5O2S. The third-order valence-electron chi connectivity index (χ3n) is 4.76. The van der Waals surface area contributed by atoms with E-state index in [0.717, 1.165) is 24.6 Å². The highest BCUT2D eigenvalue weighted by atomic mass is 35.5. The molecule has 0 aliphatic heterocycles. The van der Waals surface area contributed by atoms with Crippen LogP contribution in [0.2, 0.25) is 5.02 Å². The molecule has 164 valence electrons. The average Bonchev–Trinajstić information content (AvgIpc) is 2.71. The lowest BCUT2D eigenvalue weighted by Gasteiger charge is -2.20. The van der Waals surface area contributed by atoms with Crippen LogP contribution < -0.4 is 14.9 Å². The van der Waals surface area contributed by atoms with Crippen molar-refractivity contribution < 1.29 is 8.42 Å². The lowest BCUT2D eigenvalue weighted by molar-refractivity contribution is 0.600. The van der Waals surface area contributed by atoms with Crippen LogP contribution in [0.25, 0.3) is 0 Å². The number of aryl methyl sites for hydroxylation is 2. The predicted molar refractivity (Wildman–Crippen MR) is 127 cm³/mol. The van der Waals surface area contributed by atoms with Crippen molar-refractivity contribution >= 4 is 44.6 Å². The molecule has 0 saturated heterocycles. The molecule has 0 amide bonds. The largest absolute Gasteiger partial charge is 0.357 e.